The number of carbonyl (C=O) groups excluding carboxylic acids is 1. The fourth-order valence-corrected chi connectivity index (χ4v) is 2.26. The van der Waals surface area contributed by atoms with E-state index in [0.717, 1.165) is 12.8 Å². The number of carboxylic acids is 1. The molecule has 0 bridgehead atoms. The molecule has 1 aromatic carbocycles. The lowest BCUT2D eigenvalue weighted by Gasteiger charge is -2.22. The average Bonchev–Trinajstić information content (AvgIpc) is 3.16. The number of hydrogen-bond acceptors (Lipinski definition) is 3. The third-order valence-electron chi connectivity index (χ3n) is 3.06. The molecule has 0 saturated heterocycles. The molecule has 0 spiro atoms. The molecule has 0 atom stereocenters. The second-order valence-electron chi connectivity index (χ2n) is 4.61. The van der Waals surface area contributed by atoms with E-state index < -0.39 is 5.97 Å². The van der Waals surface area contributed by atoms with Crippen LogP contribution in [0.4, 0.5) is 5.69 Å². The van der Waals surface area contributed by atoms with E-state index in [1.807, 2.05) is 0 Å². The highest BCUT2D eigenvalue weighted by molar-refractivity contribution is 9.10. The summed E-state index contributed by atoms with van der Waals surface area (Å²) >= 11 is 3.29. The average molecular weight is 327 g/mol. The van der Waals surface area contributed by atoms with Crippen molar-refractivity contribution >= 4 is 33.5 Å². The maximum Gasteiger partial charge on any atom is 0.305 e. The lowest BCUT2D eigenvalue weighted by Crippen LogP contribution is -2.35. The first-order chi connectivity index (χ1) is 8.99. The minimum Gasteiger partial charge on any atom is -0.481 e. The molecule has 1 amide bonds. The van der Waals surface area contributed by atoms with Crippen LogP contribution in [0.1, 0.15) is 29.6 Å². The Morgan fingerprint density at radius 3 is 2.63 bits per heavy atom. The molecule has 5 nitrogen and oxygen atoms in total. The van der Waals surface area contributed by atoms with Crippen molar-refractivity contribution < 1.29 is 14.7 Å². The number of nitrogen functional groups attached to an aromatic ring is 1. The van der Waals surface area contributed by atoms with Crippen LogP contribution < -0.4 is 5.73 Å². The largest absolute Gasteiger partial charge is 0.481 e. The smallest absolute Gasteiger partial charge is 0.305 e. The predicted molar refractivity (Wildman–Crippen MR) is 74.9 cm³/mol. The minimum atomic E-state index is -0.892. The molecule has 1 aliphatic rings. The van der Waals surface area contributed by atoms with E-state index in [0.29, 0.717) is 15.7 Å². The van der Waals surface area contributed by atoms with Gasteiger partial charge in [-0.05, 0) is 47.0 Å². The molecule has 0 heterocycles. The highest BCUT2D eigenvalue weighted by Crippen LogP contribution is 2.29. The molecule has 0 radical (unpaired) electrons. The highest BCUT2D eigenvalue weighted by Gasteiger charge is 2.33. The minimum absolute atomic E-state index is 0.0294. The van der Waals surface area contributed by atoms with Gasteiger partial charge in [0.2, 0.25) is 0 Å². The zero-order valence-electron chi connectivity index (χ0n) is 10.3. The molecule has 6 heteroatoms. The van der Waals surface area contributed by atoms with Gasteiger partial charge >= 0.3 is 5.97 Å². The van der Waals surface area contributed by atoms with Crippen LogP contribution in [-0.2, 0) is 4.79 Å². The number of benzene rings is 1. The molecule has 1 saturated carbocycles. The second kappa shape index (κ2) is 5.61. The van der Waals surface area contributed by atoms with Gasteiger partial charge in [0.25, 0.3) is 5.91 Å². The van der Waals surface area contributed by atoms with Crippen LogP contribution in [0.25, 0.3) is 0 Å². The lowest BCUT2D eigenvalue weighted by atomic mass is 10.1. The van der Waals surface area contributed by atoms with Crippen molar-refractivity contribution in [2.45, 2.75) is 25.3 Å². The fourth-order valence-electron chi connectivity index (χ4n) is 1.88. The standard InChI is InChI=1S/C13H15BrN2O3/c14-10-7-8(1-4-11(10)15)13(19)16(9-2-3-9)6-5-12(17)18/h1,4,7,9H,2-3,5-6,15H2,(H,17,18). The topological polar surface area (TPSA) is 83.6 Å². The summed E-state index contributed by atoms with van der Waals surface area (Å²) < 4.78 is 0.673. The van der Waals surface area contributed by atoms with Crippen LogP contribution in [0.15, 0.2) is 22.7 Å². The molecule has 1 fully saturated rings. The molecule has 1 aliphatic carbocycles. The van der Waals surface area contributed by atoms with Gasteiger partial charge in [-0.3, -0.25) is 9.59 Å². The van der Waals surface area contributed by atoms with E-state index >= 15 is 0 Å². The van der Waals surface area contributed by atoms with Gasteiger partial charge in [-0.25, -0.2) is 0 Å². The van der Waals surface area contributed by atoms with E-state index in [-0.39, 0.29) is 24.9 Å². The number of nitrogens with zero attached hydrogens (tertiary/aromatic N) is 1. The van der Waals surface area contributed by atoms with Crippen LogP contribution in [0.3, 0.4) is 0 Å². The van der Waals surface area contributed by atoms with Gasteiger partial charge in [0.1, 0.15) is 0 Å². The Labute approximate surface area is 119 Å². The van der Waals surface area contributed by atoms with Crippen molar-refractivity contribution in [3.63, 3.8) is 0 Å². The summed E-state index contributed by atoms with van der Waals surface area (Å²) in [7, 11) is 0. The molecule has 0 aromatic heterocycles. The van der Waals surface area contributed by atoms with Gasteiger partial charge in [-0.1, -0.05) is 0 Å². The third-order valence-corrected chi connectivity index (χ3v) is 3.75. The number of carbonyl (C=O) groups is 2. The van der Waals surface area contributed by atoms with Gasteiger partial charge < -0.3 is 15.7 Å². The normalized spacial score (nSPS) is 14.2. The van der Waals surface area contributed by atoms with Crippen molar-refractivity contribution in [3.8, 4) is 0 Å². The molecule has 102 valence electrons. The summed E-state index contributed by atoms with van der Waals surface area (Å²) in [6.07, 6.45) is 1.86. The lowest BCUT2D eigenvalue weighted by molar-refractivity contribution is -0.137. The third kappa shape index (κ3) is 3.47. The fraction of sp³-hybridized carbons (Fsp3) is 0.385. The second-order valence-corrected chi connectivity index (χ2v) is 5.46. The summed E-state index contributed by atoms with van der Waals surface area (Å²) in [5, 5.41) is 8.74. The summed E-state index contributed by atoms with van der Waals surface area (Å²) in [5.74, 6) is -1.03. The highest BCUT2D eigenvalue weighted by atomic mass is 79.9. The SMILES string of the molecule is Nc1ccc(C(=O)N(CCC(=O)O)C2CC2)cc1Br. The first-order valence-electron chi connectivity index (χ1n) is 6.07. The van der Waals surface area contributed by atoms with Crippen LogP contribution in [0.2, 0.25) is 0 Å². The van der Waals surface area contributed by atoms with E-state index in [1.165, 1.54) is 0 Å². The maximum atomic E-state index is 12.4. The van der Waals surface area contributed by atoms with Gasteiger partial charge in [-0.15, -0.1) is 0 Å². The zero-order valence-corrected chi connectivity index (χ0v) is 11.9. The van der Waals surface area contributed by atoms with Crippen molar-refractivity contribution in [3.05, 3.63) is 28.2 Å². The number of nitrogens with two attached hydrogens (primary N) is 1. The van der Waals surface area contributed by atoms with Crippen molar-refractivity contribution in [2.75, 3.05) is 12.3 Å². The number of rotatable bonds is 5. The summed E-state index contributed by atoms with van der Waals surface area (Å²) in [6, 6.07) is 5.19. The number of halogens is 1. The Kier molecular flexibility index (Phi) is 4.09. The molecular formula is C13H15BrN2O3. The Balaban J connectivity index is 2.14. The summed E-state index contributed by atoms with van der Waals surface area (Å²) in [4.78, 5) is 24.7. The number of amides is 1. The summed E-state index contributed by atoms with van der Waals surface area (Å²) in [5.41, 5.74) is 6.78. The first kappa shape index (κ1) is 13.9. The van der Waals surface area contributed by atoms with E-state index in [1.54, 1.807) is 23.1 Å². The van der Waals surface area contributed by atoms with E-state index in [4.69, 9.17) is 10.8 Å². The Morgan fingerprint density at radius 2 is 2.11 bits per heavy atom. The van der Waals surface area contributed by atoms with Gasteiger partial charge in [0, 0.05) is 28.3 Å². The molecule has 2 rings (SSSR count). The zero-order chi connectivity index (χ0) is 14.0. The number of anilines is 1. The van der Waals surface area contributed by atoms with Gasteiger partial charge in [0.05, 0.1) is 6.42 Å². The van der Waals surface area contributed by atoms with Crippen LogP contribution >= 0.6 is 15.9 Å². The van der Waals surface area contributed by atoms with Crippen molar-refractivity contribution in [2.24, 2.45) is 0 Å². The molecule has 3 N–H and O–H groups in total. The van der Waals surface area contributed by atoms with Gasteiger partial charge in [0.15, 0.2) is 0 Å². The van der Waals surface area contributed by atoms with E-state index in [9.17, 15) is 9.59 Å². The van der Waals surface area contributed by atoms with Crippen molar-refractivity contribution in [1.82, 2.24) is 4.90 Å². The predicted octanol–water partition coefficient (Wildman–Crippen LogP) is 2.11. The van der Waals surface area contributed by atoms with Crippen LogP contribution in [0.5, 0.6) is 0 Å². The Morgan fingerprint density at radius 1 is 1.42 bits per heavy atom. The monoisotopic (exact) mass is 326 g/mol. The first-order valence-corrected chi connectivity index (χ1v) is 6.86. The molecule has 1 aromatic rings. The van der Waals surface area contributed by atoms with Crippen molar-refractivity contribution in [1.29, 1.82) is 0 Å². The molecular weight excluding hydrogens is 312 g/mol. The number of aliphatic carboxylic acids is 1. The maximum absolute atomic E-state index is 12.4. The summed E-state index contributed by atoms with van der Waals surface area (Å²) in [6.45, 7) is 0.251. The van der Waals surface area contributed by atoms with Gasteiger partial charge in [-0.2, -0.15) is 0 Å². The Hall–Kier alpha value is -1.56. The van der Waals surface area contributed by atoms with Crippen LogP contribution in [0, 0.1) is 0 Å². The Bertz CT molecular complexity index is 515. The van der Waals surface area contributed by atoms with Crippen LogP contribution in [-0.4, -0.2) is 34.5 Å². The number of hydrogen-bond donors (Lipinski definition) is 2. The number of carboxylic acid groups (broad SMARTS) is 1. The molecule has 0 aliphatic heterocycles. The molecule has 0 unspecified atom stereocenters. The van der Waals surface area contributed by atoms with E-state index in [2.05, 4.69) is 15.9 Å². The quantitative estimate of drug-likeness (QED) is 0.812. The molecule has 19 heavy (non-hydrogen) atoms.